The van der Waals surface area contributed by atoms with E-state index < -0.39 is 5.82 Å². The van der Waals surface area contributed by atoms with Gasteiger partial charge in [-0.2, -0.15) is 0 Å². The highest BCUT2D eigenvalue weighted by Crippen LogP contribution is 2.24. The molecule has 1 atom stereocenters. The van der Waals surface area contributed by atoms with E-state index in [0.717, 1.165) is 0 Å². The van der Waals surface area contributed by atoms with Crippen LogP contribution in [0.5, 0.6) is 0 Å². The van der Waals surface area contributed by atoms with Crippen molar-refractivity contribution in [3.8, 4) is 0 Å². The van der Waals surface area contributed by atoms with E-state index in [9.17, 15) is 9.18 Å². The number of carbonyl (C=O) groups is 1. The highest BCUT2D eigenvalue weighted by Gasteiger charge is 2.14. The minimum absolute atomic E-state index is 0.0356. The molecule has 21 heavy (non-hydrogen) atoms. The normalized spacial score (nSPS) is 12.2. The molecule has 2 rings (SSSR count). The molecule has 0 aliphatic heterocycles. The minimum atomic E-state index is -0.438. The maximum atomic E-state index is 12.9. The quantitative estimate of drug-likeness (QED) is 0.914. The molecule has 0 spiro atoms. The Labute approximate surface area is 130 Å². The van der Waals surface area contributed by atoms with Crippen molar-refractivity contribution in [2.75, 3.05) is 12.4 Å². The third-order valence-electron chi connectivity index (χ3n) is 2.75. The number of hydrogen-bond donors (Lipinski definition) is 1. The molecule has 5 nitrogen and oxygen atoms in total. The molecule has 0 bridgehead atoms. The molecule has 112 valence electrons. The van der Waals surface area contributed by atoms with Gasteiger partial charge in [0.15, 0.2) is 0 Å². The average Bonchev–Trinajstić information content (AvgIpc) is 2.89. The van der Waals surface area contributed by atoms with Crippen molar-refractivity contribution in [2.24, 2.45) is 0 Å². The van der Waals surface area contributed by atoms with Gasteiger partial charge in [-0.3, -0.25) is 4.79 Å². The predicted molar refractivity (Wildman–Crippen MR) is 79.1 cm³/mol. The first kappa shape index (κ1) is 15.8. The lowest BCUT2D eigenvalue weighted by Gasteiger charge is -2.04. The smallest absolute Gasteiger partial charge is 0.230 e. The minimum Gasteiger partial charge on any atom is -0.374 e. The Morgan fingerprint density at radius 3 is 2.95 bits per heavy atom. The molecular weight excluding hydrogens is 317 g/mol. The van der Waals surface area contributed by atoms with Crippen LogP contribution in [0.15, 0.2) is 18.2 Å². The fraction of sp³-hybridized carbons (Fsp3) is 0.308. The molecule has 0 aliphatic carbocycles. The van der Waals surface area contributed by atoms with Crippen LogP contribution in [0.25, 0.3) is 0 Å². The van der Waals surface area contributed by atoms with Crippen LogP contribution in [0.2, 0.25) is 5.02 Å². The van der Waals surface area contributed by atoms with E-state index in [1.165, 1.54) is 29.5 Å². The standard InChI is InChI=1S/C13H13ClFN3O2S/c1-7(20-2)12-17-18-13(21-12)16-11(19)5-8-3-4-9(15)6-10(8)14/h3-4,6-7H,5H2,1-2H3,(H,16,18,19). The van der Waals surface area contributed by atoms with Gasteiger partial charge >= 0.3 is 0 Å². The molecule has 0 saturated carbocycles. The Balaban J connectivity index is 2.00. The Morgan fingerprint density at radius 1 is 1.52 bits per heavy atom. The molecular formula is C13H13ClFN3O2S. The van der Waals surface area contributed by atoms with Crippen molar-refractivity contribution in [1.29, 1.82) is 0 Å². The number of benzene rings is 1. The van der Waals surface area contributed by atoms with Crippen molar-refractivity contribution in [3.05, 3.63) is 39.6 Å². The van der Waals surface area contributed by atoms with Gasteiger partial charge in [0, 0.05) is 12.1 Å². The number of nitrogens with zero attached hydrogens (tertiary/aromatic N) is 2. The molecule has 0 radical (unpaired) electrons. The Kier molecular flexibility index (Phi) is 5.22. The first-order valence-electron chi connectivity index (χ1n) is 6.09. The first-order valence-corrected chi connectivity index (χ1v) is 7.29. The van der Waals surface area contributed by atoms with Crippen molar-refractivity contribution in [3.63, 3.8) is 0 Å². The monoisotopic (exact) mass is 329 g/mol. The van der Waals surface area contributed by atoms with Gasteiger partial charge in [-0.25, -0.2) is 4.39 Å². The van der Waals surface area contributed by atoms with Gasteiger partial charge in [0.2, 0.25) is 11.0 Å². The van der Waals surface area contributed by atoms with Crippen LogP contribution >= 0.6 is 22.9 Å². The van der Waals surface area contributed by atoms with Crippen LogP contribution in [0.1, 0.15) is 23.6 Å². The number of anilines is 1. The summed E-state index contributed by atoms with van der Waals surface area (Å²) in [5, 5.41) is 11.7. The highest BCUT2D eigenvalue weighted by atomic mass is 35.5. The van der Waals surface area contributed by atoms with Gasteiger partial charge in [0.25, 0.3) is 0 Å². The number of aromatic nitrogens is 2. The van der Waals surface area contributed by atoms with E-state index in [2.05, 4.69) is 15.5 Å². The molecule has 1 aromatic heterocycles. The molecule has 1 N–H and O–H groups in total. The number of halogens is 2. The summed E-state index contributed by atoms with van der Waals surface area (Å²) < 4.78 is 18.0. The molecule has 1 amide bonds. The van der Waals surface area contributed by atoms with Crippen molar-refractivity contribution >= 4 is 34.0 Å². The van der Waals surface area contributed by atoms with E-state index >= 15 is 0 Å². The zero-order valence-corrected chi connectivity index (χ0v) is 13.0. The molecule has 8 heteroatoms. The number of rotatable bonds is 5. The van der Waals surface area contributed by atoms with E-state index in [-0.39, 0.29) is 23.5 Å². The largest absolute Gasteiger partial charge is 0.374 e. The van der Waals surface area contributed by atoms with Crippen LogP contribution < -0.4 is 5.32 Å². The van der Waals surface area contributed by atoms with Crippen LogP contribution in [-0.2, 0) is 16.0 Å². The van der Waals surface area contributed by atoms with Crippen molar-refractivity contribution in [2.45, 2.75) is 19.4 Å². The van der Waals surface area contributed by atoms with E-state index in [0.29, 0.717) is 15.7 Å². The second-order valence-corrected chi connectivity index (χ2v) is 5.70. The van der Waals surface area contributed by atoms with E-state index in [1.54, 1.807) is 7.11 Å². The summed E-state index contributed by atoms with van der Waals surface area (Å²) in [6.07, 6.45) is -0.145. The Hall–Kier alpha value is -1.57. The molecule has 0 fully saturated rings. The average molecular weight is 330 g/mol. The lowest BCUT2D eigenvalue weighted by Crippen LogP contribution is -2.14. The fourth-order valence-corrected chi connectivity index (χ4v) is 2.57. The van der Waals surface area contributed by atoms with Gasteiger partial charge in [-0.1, -0.05) is 29.0 Å². The Morgan fingerprint density at radius 2 is 2.29 bits per heavy atom. The van der Waals surface area contributed by atoms with Crippen molar-refractivity contribution < 1.29 is 13.9 Å². The molecule has 1 unspecified atom stereocenters. The first-order chi connectivity index (χ1) is 9.99. The zero-order chi connectivity index (χ0) is 15.4. The number of carbonyl (C=O) groups excluding carboxylic acids is 1. The fourth-order valence-electron chi connectivity index (χ4n) is 1.55. The van der Waals surface area contributed by atoms with Crippen LogP contribution in [0, 0.1) is 5.82 Å². The number of amides is 1. The summed E-state index contributed by atoms with van der Waals surface area (Å²) in [7, 11) is 1.57. The summed E-state index contributed by atoms with van der Waals surface area (Å²) >= 11 is 7.12. The third-order valence-corrected chi connectivity index (χ3v) is 4.11. The van der Waals surface area contributed by atoms with Crippen LogP contribution in [0.4, 0.5) is 9.52 Å². The van der Waals surface area contributed by atoms with Crippen molar-refractivity contribution in [1.82, 2.24) is 10.2 Å². The zero-order valence-electron chi connectivity index (χ0n) is 11.4. The Bertz CT molecular complexity index is 650. The number of methoxy groups -OCH3 is 1. The maximum absolute atomic E-state index is 12.9. The second-order valence-electron chi connectivity index (χ2n) is 4.28. The highest BCUT2D eigenvalue weighted by molar-refractivity contribution is 7.15. The molecule has 0 aliphatic rings. The topological polar surface area (TPSA) is 64.1 Å². The van der Waals surface area contributed by atoms with Gasteiger partial charge in [0.1, 0.15) is 16.9 Å². The van der Waals surface area contributed by atoms with Gasteiger partial charge in [-0.15, -0.1) is 10.2 Å². The summed E-state index contributed by atoms with van der Waals surface area (Å²) in [5.41, 5.74) is 0.547. The molecule has 1 aromatic carbocycles. The predicted octanol–water partition coefficient (Wildman–Crippen LogP) is 3.22. The van der Waals surface area contributed by atoms with Gasteiger partial charge < -0.3 is 10.1 Å². The second kappa shape index (κ2) is 6.93. The maximum Gasteiger partial charge on any atom is 0.230 e. The molecule has 2 aromatic rings. The van der Waals surface area contributed by atoms with E-state index in [4.69, 9.17) is 16.3 Å². The number of nitrogens with one attached hydrogen (secondary N) is 1. The van der Waals surface area contributed by atoms with Gasteiger partial charge in [-0.05, 0) is 24.6 Å². The van der Waals surface area contributed by atoms with Crippen LogP contribution in [0.3, 0.4) is 0 Å². The number of ether oxygens (including phenoxy) is 1. The summed E-state index contributed by atoms with van der Waals surface area (Å²) in [4.78, 5) is 11.9. The third kappa shape index (κ3) is 4.20. The van der Waals surface area contributed by atoms with Crippen LogP contribution in [-0.4, -0.2) is 23.2 Å². The number of hydrogen-bond acceptors (Lipinski definition) is 5. The SMILES string of the molecule is COC(C)c1nnc(NC(=O)Cc2ccc(F)cc2Cl)s1. The summed E-state index contributed by atoms with van der Waals surface area (Å²) in [6, 6.07) is 3.92. The summed E-state index contributed by atoms with van der Waals surface area (Å²) in [6.45, 7) is 1.84. The molecule has 1 heterocycles. The van der Waals surface area contributed by atoms with E-state index in [1.807, 2.05) is 6.92 Å². The lowest BCUT2D eigenvalue weighted by molar-refractivity contribution is -0.115. The lowest BCUT2D eigenvalue weighted by atomic mass is 10.1. The van der Waals surface area contributed by atoms with Gasteiger partial charge in [0.05, 0.1) is 6.42 Å². The molecule has 0 saturated heterocycles. The summed E-state index contributed by atoms with van der Waals surface area (Å²) in [5.74, 6) is -0.734.